The number of aromatic nitrogens is 2. The van der Waals surface area contributed by atoms with Crippen LogP contribution in [0.4, 0.5) is 0 Å². The predicted molar refractivity (Wildman–Crippen MR) is 99.7 cm³/mol. The number of nitrogens with zero attached hydrogens (tertiary/aromatic N) is 2. The number of rotatable bonds is 6. The smallest absolute Gasteiger partial charge is 0.262 e. The summed E-state index contributed by atoms with van der Waals surface area (Å²) >= 11 is 3.19. The van der Waals surface area contributed by atoms with Crippen molar-refractivity contribution in [3.05, 3.63) is 38.6 Å². The first-order valence-electron chi connectivity index (χ1n) is 7.88. The molecular weight excluding hydrogens is 342 g/mol. The highest BCUT2D eigenvalue weighted by Gasteiger charge is 2.19. The zero-order chi connectivity index (χ0) is 17.3. The van der Waals surface area contributed by atoms with Gasteiger partial charge in [-0.05, 0) is 24.8 Å². The summed E-state index contributed by atoms with van der Waals surface area (Å²) in [6.07, 6.45) is 1.49. The summed E-state index contributed by atoms with van der Waals surface area (Å²) in [5.74, 6) is 0.414. The van der Waals surface area contributed by atoms with Crippen molar-refractivity contribution in [3.8, 4) is 10.4 Å². The van der Waals surface area contributed by atoms with E-state index in [1.54, 1.807) is 27.2 Å². The van der Waals surface area contributed by atoms with E-state index in [0.717, 1.165) is 26.0 Å². The van der Waals surface area contributed by atoms with Crippen LogP contribution in [0.2, 0.25) is 0 Å². The Morgan fingerprint density at radius 2 is 2.21 bits per heavy atom. The minimum absolute atomic E-state index is 0.0194. The molecular formula is C17H19N3O2S2. The highest BCUT2D eigenvalue weighted by Crippen LogP contribution is 2.37. The van der Waals surface area contributed by atoms with E-state index >= 15 is 0 Å². The molecule has 0 aromatic carbocycles. The summed E-state index contributed by atoms with van der Waals surface area (Å²) in [7, 11) is 0. The molecule has 0 aliphatic carbocycles. The molecule has 3 aromatic heterocycles. The van der Waals surface area contributed by atoms with Gasteiger partial charge in [0.1, 0.15) is 10.7 Å². The van der Waals surface area contributed by atoms with Gasteiger partial charge in [0.05, 0.1) is 5.39 Å². The Hall–Kier alpha value is -1.99. The quantitative estimate of drug-likeness (QED) is 0.731. The lowest BCUT2D eigenvalue weighted by Gasteiger charge is -2.11. The van der Waals surface area contributed by atoms with Gasteiger partial charge in [0.15, 0.2) is 0 Å². The molecule has 0 radical (unpaired) electrons. The van der Waals surface area contributed by atoms with Gasteiger partial charge in [-0.1, -0.05) is 13.0 Å². The highest BCUT2D eigenvalue weighted by molar-refractivity contribution is 7.20. The van der Waals surface area contributed by atoms with E-state index < -0.39 is 0 Å². The van der Waals surface area contributed by atoms with Gasteiger partial charge in [0.2, 0.25) is 5.91 Å². The highest BCUT2D eigenvalue weighted by atomic mass is 32.1. The molecule has 3 rings (SSSR count). The number of primary amides is 1. The van der Waals surface area contributed by atoms with E-state index in [9.17, 15) is 9.59 Å². The van der Waals surface area contributed by atoms with Gasteiger partial charge >= 0.3 is 0 Å². The zero-order valence-electron chi connectivity index (χ0n) is 13.7. The van der Waals surface area contributed by atoms with E-state index in [2.05, 4.69) is 0 Å². The number of carbonyl (C=O) groups is 1. The van der Waals surface area contributed by atoms with Crippen molar-refractivity contribution < 1.29 is 4.79 Å². The van der Waals surface area contributed by atoms with Gasteiger partial charge in [-0.3, -0.25) is 14.2 Å². The van der Waals surface area contributed by atoms with Gasteiger partial charge in [-0.2, -0.15) is 0 Å². The normalized spacial score (nSPS) is 11.2. The van der Waals surface area contributed by atoms with Crippen molar-refractivity contribution in [1.82, 2.24) is 9.55 Å². The number of amides is 1. The lowest BCUT2D eigenvalue weighted by Crippen LogP contribution is -2.25. The number of hydrogen-bond acceptors (Lipinski definition) is 5. The van der Waals surface area contributed by atoms with Crippen LogP contribution in [0.5, 0.6) is 0 Å². The maximum Gasteiger partial charge on any atom is 0.262 e. The SMILES string of the molecule is CCc1nc2sc(C)c(-c3cccs3)c2c(=O)n1CCCC(N)=O. The molecule has 0 atom stereocenters. The standard InChI is InChI=1S/C17H19N3O2S2/c1-3-13-19-16-15(17(22)20(13)8-4-7-12(18)21)14(10(2)24-16)11-6-5-9-23-11/h5-6,9H,3-4,7-8H2,1-2H3,(H2,18,21). The van der Waals surface area contributed by atoms with Gasteiger partial charge in [0, 0.05) is 34.7 Å². The Labute approximate surface area is 147 Å². The minimum atomic E-state index is -0.346. The third kappa shape index (κ3) is 3.01. The van der Waals surface area contributed by atoms with Crippen LogP contribution in [-0.4, -0.2) is 15.5 Å². The topological polar surface area (TPSA) is 78.0 Å². The Morgan fingerprint density at radius 3 is 2.83 bits per heavy atom. The molecule has 0 unspecified atom stereocenters. The first kappa shape index (κ1) is 16.9. The molecule has 126 valence electrons. The van der Waals surface area contributed by atoms with Crippen molar-refractivity contribution in [2.24, 2.45) is 5.73 Å². The molecule has 0 aliphatic rings. The fraction of sp³-hybridized carbons (Fsp3) is 0.353. The Balaban J connectivity index is 2.17. The first-order valence-corrected chi connectivity index (χ1v) is 9.57. The van der Waals surface area contributed by atoms with E-state index in [-0.39, 0.29) is 17.9 Å². The molecule has 24 heavy (non-hydrogen) atoms. The molecule has 1 amide bonds. The predicted octanol–water partition coefficient (Wildman–Crippen LogP) is 3.32. The van der Waals surface area contributed by atoms with Crippen LogP contribution in [-0.2, 0) is 17.8 Å². The van der Waals surface area contributed by atoms with Crippen LogP contribution in [0, 0.1) is 6.92 Å². The number of fused-ring (bicyclic) bond motifs is 1. The van der Waals surface area contributed by atoms with Crippen LogP contribution in [0.15, 0.2) is 22.3 Å². The first-order chi connectivity index (χ1) is 11.5. The Bertz CT molecular complexity index is 939. The van der Waals surface area contributed by atoms with Crippen molar-refractivity contribution >= 4 is 38.8 Å². The number of nitrogens with two attached hydrogens (primary N) is 1. The number of aryl methyl sites for hydroxylation is 2. The van der Waals surface area contributed by atoms with Gasteiger partial charge in [-0.25, -0.2) is 4.98 Å². The lowest BCUT2D eigenvalue weighted by atomic mass is 10.1. The minimum Gasteiger partial charge on any atom is -0.370 e. The molecule has 0 fully saturated rings. The fourth-order valence-corrected chi connectivity index (χ4v) is 4.81. The fourth-order valence-electron chi connectivity index (χ4n) is 2.87. The summed E-state index contributed by atoms with van der Waals surface area (Å²) in [4.78, 5) is 31.8. The largest absolute Gasteiger partial charge is 0.370 e. The average molecular weight is 361 g/mol. The van der Waals surface area contributed by atoms with Crippen molar-refractivity contribution in [1.29, 1.82) is 0 Å². The number of thiophene rings is 2. The lowest BCUT2D eigenvalue weighted by molar-refractivity contribution is -0.118. The summed E-state index contributed by atoms with van der Waals surface area (Å²) in [6, 6.07) is 4.02. The van der Waals surface area contributed by atoms with Crippen molar-refractivity contribution in [2.45, 2.75) is 39.7 Å². The van der Waals surface area contributed by atoms with E-state index in [1.807, 2.05) is 31.4 Å². The van der Waals surface area contributed by atoms with Crippen LogP contribution < -0.4 is 11.3 Å². The molecule has 0 spiro atoms. The molecule has 3 heterocycles. The second kappa shape index (κ2) is 6.86. The third-order valence-corrected chi connectivity index (χ3v) is 5.84. The number of hydrogen-bond donors (Lipinski definition) is 1. The van der Waals surface area contributed by atoms with Crippen LogP contribution in [0.3, 0.4) is 0 Å². The van der Waals surface area contributed by atoms with E-state index in [4.69, 9.17) is 10.7 Å². The maximum atomic E-state index is 13.1. The van der Waals surface area contributed by atoms with Crippen LogP contribution in [0.25, 0.3) is 20.7 Å². The second-order valence-corrected chi connectivity index (χ2v) is 7.75. The van der Waals surface area contributed by atoms with Gasteiger partial charge in [0.25, 0.3) is 5.56 Å². The van der Waals surface area contributed by atoms with Crippen molar-refractivity contribution in [2.75, 3.05) is 0 Å². The summed E-state index contributed by atoms with van der Waals surface area (Å²) in [5.41, 5.74) is 6.18. The summed E-state index contributed by atoms with van der Waals surface area (Å²) in [6.45, 7) is 4.48. The maximum absolute atomic E-state index is 13.1. The molecule has 5 nitrogen and oxygen atoms in total. The summed E-state index contributed by atoms with van der Waals surface area (Å²) in [5, 5.41) is 2.70. The monoisotopic (exact) mass is 361 g/mol. The zero-order valence-corrected chi connectivity index (χ0v) is 15.3. The molecule has 0 bridgehead atoms. The van der Waals surface area contributed by atoms with Crippen LogP contribution >= 0.6 is 22.7 Å². The molecule has 3 aromatic rings. The second-order valence-electron chi connectivity index (χ2n) is 5.60. The van der Waals surface area contributed by atoms with E-state index in [0.29, 0.717) is 24.8 Å². The van der Waals surface area contributed by atoms with Gasteiger partial charge < -0.3 is 5.73 Å². The van der Waals surface area contributed by atoms with Crippen LogP contribution in [0.1, 0.15) is 30.5 Å². The summed E-state index contributed by atoms with van der Waals surface area (Å²) < 4.78 is 1.70. The molecule has 0 saturated heterocycles. The van der Waals surface area contributed by atoms with E-state index in [1.165, 1.54) is 0 Å². The van der Waals surface area contributed by atoms with Gasteiger partial charge in [-0.15, -0.1) is 22.7 Å². The molecule has 0 saturated carbocycles. The third-order valence-electron chi connectivity index (χ3n) is 3.96. The average Bonchev–Trinajstić information content (AvgIpc) is 3.15. The molecule has 7 heteroatoms. The molecule has 2 N–H and O–H groups in total. The molecule has 0 aliphatic heterocycles. The Morgan fingerprint density at radius 1 is 1.42 bits per heavy atom. The Kier molecular flexibility index (Phi) is 4.82. The number of carbonyl (C=O) groups excluding carboxylic acids is 1. The van der Waals surface area contributed by atoms with Crippen molar-refractivity contribution in [3.63, 3.8) is 0 Å².